The quantitative estimate of drug-likeness (QED) is 0.631. The van der Waals surface area contributed by atoms with Crippen molar-refractivity contribution in [3.63, 3.8) is 0 Å². The van der Waals surface area contributed by atoms with Crippen LogP contribution in [0.25, 0.3) is 0 Å². The van der Waals surface area contributed by atoms with Gasteiger partial charge in [-0.2, -0.15) is 5.10 Å². The number of amides is 2. The van der Waals surface area contributed by atoms with Crippen molar-refractivity contribution in [2.24, 2.45) is 5.92 Å². The van der Waals surface area contributed by atoms with E-state index < -0.39 is 0 Å². The molecule has 0 radical (unpaired) electrons. The minimum absolute atomic E-state index is 0.0253. The number of hydrogen-bond acceptors (Lipinski definition) is 4. The van der Waals surface area contributed by atoms with Gasteiger partial charge in [0.25, 0.3) is 5.91 Å². The minimum atomic E-state index is -0.214. The maximum absolute atomic E-state index is 13.3. The lowest BCUT2D eigenvalue weighted by molar-refractivity contribution is -0.121. The van der Waals surface area contributed by atoms with E-state index in [1.165, 1.54) is 22.5 Å². The summed E-state index contributed by atoms with van der Waals surface area (Å²) in [7, 11) is 0. The standard InChI is InChI=1S/C25H28N4O2S/c1-17-15-26-29(21-11-4-8-18-7-2-3-10-20(18)21)23(17)27-24(30)19-9-5-13-28(16-19)25(31)22-12-6-14-32-22/h2-3,6-7,10,12,14-15,19,21H,4-5,8-9,11,13,16H2,1H3,(H,27,30). The monoisotopic (exact) mass is 448 g/mol. The van der Waals surface area contributed by atoms with E-state index in [2.05, 4.69) is 34.7 Å². The molecule has 2 aromatic heterocycles. The van der Waals surface area contributed by atoms with E-state index in [1.807, 2.05) is 40.2 Å². The second-order valence-corrected chi connectivity index (χ2v) is 9.73. The largest absolute Gasteiger partial charge is 0.337 e. The molecule has 5 rings (SSSR count). The van der Waals surface area contributed by atoms with Gasteiger partial charge in [-0.25, -0.2) is 4.68 Å². The number of benzene rings is 1. The molecule has 1 aliphatic carbocycles. The minimum Gasteiger partial charge on any atom is -0.337 e. The van der Waals surface area contributed by atoms with Crippen LogP contribution in [0.1, 0.15) is 58.1 Å². The third-order valence-corrected chi connectivity index (χ3v) is 7.52. The number of nitrogens with one attached hydrogen (secondary N) is 1. The second kappa shape index (κ2) is 8.90. The topological polar surface area (TPSA) is 67.2 Å². The van der Waals surface area contributed by atoms with Gasteiger partial charge in [0.2, 0.25) is 5.91 Å². The van der Waals surface area contributed by atoms with E-state index in [0.717, 1.165) is 48.4 Å². The van der Waals surface area contributed by atoms with Gasteiger partial charge in [-0.15, -0.1) is 11.3 Å². The Hall–Kier alpha value is -2.93. The first kappa shape index (κ1) is 20.9. The molecule has 0 spiro atoms. The van der Waals surface area contributed by atoms with Gasteiger partial charge < -0.3 is 10.2 Å². The molecule has 166 valence electrons. The Labute approximate surface area is 192 Å². The molecule has 1 aliphatic heterocycles. The van der Waals surface area contributed by atoms with Crippen molar-refractivity contribution in [2.45, 2.75) is 45.1 Å². The molecule has 6 nitrogen and oxygen atoms in total. The van der Waals surface area contributed by atoms with Gasteiger partial charge in [0, 0.05) is 18.7 Å². The Morgan fingerprint density at radius 1 is 1.12 bits per heavy atom. The Morgan fingerprint density at radius 2 is 2.00 bits per heavy atom. The molecular weight excluding hydrogens is 420 g/mol. The van der Waals surface area contributed by atoms with Gasteiger partial charge in [0.15, 0.2) is 0 Å². The number of anilines is 1. The van der Waals surface area contributed by atoms with Crippen LogP contribution in [0.5, 0.6) is 0 Å². The van der Waals surface area contributed by atoms with Crippen molar-refractivity contribution in [1.29, 1.82) is 0 Å². The second-order valence-electron chi connectivity index (χ2n) is 8.78. The van der Waals surface area contributed by atoms with E-state index >= 15 is 0 Å². The number of carbonyl (C=O) groups is 2. The van der Waals surface area contributed by atoms with E-state index in [9.17, 15) is 9.59 Å². The highest BCUT2D eigenvalue weighted by Gasteiger charge is 2.31. The fraction of sp³-hybridized carbons (Fsp3) is 0.400. The van der Waals surface area contributed by atoms with Gasteiger partial charge in [-0.05, 0) is 61.6 Å². The number of hydrogen-bond donors (Lipinski definition) is 1. The van der Waals surface area contributed by atoms with Gasteiger partial charge in [0.1, 0.15) is 5.82 Å². The summed E-state index contributed by atoms with van der Waals surface area (Å²) in [6, 6.07) is 12.4. The predicted molar refractivity (Wildman–Crippen MR) is 126 cm³/mol. The van der Waals surface area contributed by atoms with Crippen LogP contribution in [0.15, 0.2) is 48.0 Å². The molecule has 0 bridgehead atoms. The van der Waals surface area contributed by atoms with Crippen LogP contribution in [0, 0.1) is 12.8 Å². The summed E-state index contributed by atoms with van der Waals surface area (Å²) in [6.45, 7) is 3.15. The lowest BCUT2D eigenvalue weighted by atomic mass is 9.88. The number of rotatable bonds is 4. The Bertz CT molecular complexity index is 1120. The van der Waals surface area contributed by atoms with Crippen LogP contribution in [-0.2, 0) is 11.2 Å². The number of fused-ring (bicyclic) bond motifs is 1. The Morgan fingerprint density at radius 3 is 2.84 bits per heavy atom. The van der Waals surface area contributed by atoms with Crippen LogP contribution in [0.4, 0.5) is 5.82 Å². The van der Waals surface area contributed by atoms with Crippen molar-refractivity contribution in [2.75, 3.05) is 18.4 Å². The highest BCUT2D eigenvalue weighted by atomic mass is 32.1. The van der Waals surface area contributed by atoms with E-state index in [1.54, 1.807) is 0 Å². The molecule has 1 N–H and O–H groups in total. The molecule has 3 aromatic rings. The number of aromatic nitrogens is 2. The Kier molecular flexibility index (Phi) is 5.83. The zero-order chi connectivity index (χ0) is 22.1. The molecular formula is C25H28N4O2S. The average Bonchev–Trinajstić information content (AvgIpc) is 3.49. The van der Waals surface area contributed by atoms with Crippen molar-refractivity contribution in [1.82, 2.24) is 14.7 Å². The van der Waals surface area contributed by atoms with Gasteiger partial charge >= 0.3 is 0 Å². The van der Waals surface area contributed by atoms with Gasteiger partial charge in [0.05, 0.1) is 23.0 Å². The van der Waals surface area contributed by atoms with Crippen molar-refractivity contribution in [3.05, 3.63) is 69.5 Å². The highest BCUT2D eigenvalue weighted by Crippen LogP contribution is 2.35. The average molecular weight is 449 g/mol. The molecule has 32 heavy (non-hydrogen) atoms. The third-order valence-electron chi connectivity index (χ3n) is 6.66. The summed E-state index contributed by atoms with van der Waals surface area (Å²) >= 11 is 1.45. The van der Waals surface area contributed by atoms with Gasteiger partial charge in [-0.3, -0.25) is 9.59 Å². The summed E-state index contributed by atoms with van der Waals surface area (Å²) in [4.78, 5) is 28.6. The van der Waals surface area contributed by atoms with E-state index in [0.29, 0.717) is 13.1 Å². The number of nitrogens with zero attached hydrogens (tertiary/aromatic N) is 3. The summed E-state index contributed by atoms with van der Waals surface area (Å²) < 4.78 is 1.99. The molecule has 7 heteroatoms. The first-order valence-electron chi connectivity index (χ1n) is 11.4. The molecule has 3 heterocycles. The summed E-state index contributed by atoms with van der Waals surface area (Å²) in [5, 5.41) is 9.74. The molecule has 2 aliphatic rings. The third kappa shape index (κ3) is 3.97. The molecule has 1 aromatic carbocycles. The molecule has 1 saturated heterocycles. The van der Waals surface area contributed by atoms with Crippen molar-refractivity contribution in [3.8, 4) is 0 Å². The lowest BCUT2D eigenvalue weighted by Crippen LogP contribution is -2.43. The zero-order valence-corrected chi connectivity index (χ0v) is 19.1. The first-order chi connectivity index (χ1) is 15.6. The highest BCUT2D eigenvalue weighted by molar-refractivity contribution is 7.12. The number of piperidine rings is 1. The van der Waals surface area contributed by atoms with Crippen LogP contribution in [-0.4, -0.2) is 39.6 Å². The molecule has 1 fully saturated rings. The summed E-state index contributed by atoms with van der Waals surface area (Å²) in [6.07, 6.45) is 6.66. The summed E-state index contributed by atoms with van der Waals surface area (Å²) in [5.74, 6) is 0.563. The van der Waals surface area contributed by atoms with Crippen LogP contribution >= 0.6 is 11.3 Å². The van der Waals surface area contributed by atoms with Crippen LogP contribution in [0.3, 0.4) is 0 Å². The fourth-order valence-electron chi connectivity index (χ4n) is 4.97. The smallest absolute Gasteiger partial charge is 0.263 e. The maximum atomic E-state index is 13.3. The van der Waals surface area contributed by atoms with Crippen LogP contribution in [0.2, 0.25) is 0 Å². The zero-order valence-electron chi connectivity index (χ0n) is 18.3. The summed E-state index contributed by atoms with van der Waals surface area (Å²) in [5.41, 5.74) is 3.62. The molecule has 2 amide bonds. The van der Waals surface area contributed by atoms with Crippen molar-refractivity contribution >= 4 is 29.0 Å². The molecule has 2 atom stereocenters. The number of thiophene rings is 1. The van der Waals surface area contributed by atoms with E-state index in [-0.39, 0.29) is 23.8 Å². The Balaban J connectivity index is 1.34. The van der Waals surface area contributed by atoms with E-state index in [4.69, 9.17) is 0 Å². The van der Waals surface area contributed by atoms with Crippen LogP contribution < -0.4 is 5.32 Å². The SMILES string of the molecule is Cc1cnn(C2CCCc3ccccc32)c1NC(=O)C1CCCN(C(=O)c2cccs2)C1. The maximum Gasteiger partial charge on any atom is 0.263 e. The number of aryl methyl sites for hydroxylation is 2. The lowest BCUT2D eigenvalue weighted by Gasteiger charge is -2.32. The normalized spacial score (nSPS) is 20.6. The van der Waals surface area contributed by atoms with Crippen molar-refractivity contribution < 1.29 is 9.59 Å². The molecule has 0 saturated carbocycles. The number of carbonyl (C=O) groups excluding carboxylic acids is 2. The number of likely N-dealkylation sites (tertiary alicyclic amines) is 1. The van der Waals surface area contributed by atoms with Gasteiger partial charge in [-0.1, -0.05) is 30.3 Å². The fourth-order valence-corrected chi connectivity index (χ4v) is 5.66. The predicted octanol–water partition coefficient (Wildman–Crippen LogP) is 4.67. The molecule has 2 unspecified atom stereocenters. The first-order valence-corrected chi connectivity index (χ1v) is 12.3.